The molecule has 0 unspecified atom stereocenters. The van der Waals surface area contributed by atoms with Gasteiger partial charge in [-0.1, -0.05) is 67.8 Å². The molecule has 0 saturated heterocycles. The highest BCUT2D eigenvalue weighted by Crippen LogP contribution is 2.19. The predicted molar refractivity (Wildman–Crippen MR) is 133 cm³/mol. The second-order valence-electron chi connectivity index (χ2n) is 7.83. The van der Waals surface area contributed by atoms with Crippen molar-refractivity contribution >= 4 is 85.7 Å². The van der Waals surface area contributed by atoms with E-state index in [4.69, 9.17) is 14.2 Å². The van der Waals surface area contributed by atoms with Gasteiger partial charge in [0.15, 0.2) is 0 Å². The van der Waals surface area contributed by atoms with Crippen molar-refractivity contribution in [1.82, 2.24) is 0 Å². The molecule has 0 fully saturated rings. The molecule has 1 N–H and O–H groups in total. The molecule has 10 heteroatoms. The summed E-state index contributed by atoms with van der Waals surface area (Å²) in [5.41, 5.74) is 0. The molecule has 0 bridgehead atoms. The third kappa shape index (κ3) is 13.0. The minimum atomic E-state index is -0.583. The summed E-state index contributed by atoms with van der Waals surface area (Å²) in [4.78, 5) is 36.7. The third-order valence-electron chi connectivity index (χ3n) is 3.52. The zero-order valence-corrected chi connectivity index (χ0v) is 23.8. The quantitative estimate of drug-likeness (QED) is 0.143. The molecule has 0 aromatic heterocycles. The van der Waals surface area contributed by atoms with E-state index >= 15 is 0 Å². The van der Waals surface area contributed by atoms with Crippen LogP contribution in [0.3, 0.4) is 0 Å². The van der Waals surface area contributed by atoms with Crippen molar-refractivity contribution in [3.8, 4) is 0 Å². The molecule has 0 saturated carbocycles. The molecule has 0 spiro atoms. The number of ether oxygens (including phenoxy) is 3. The SMILES string of the molecule is CC(C)(I)C(=O)OCC[NH+](CCOC(=O)C(C)(C)I)CCOC(=O)C(C)(C)I. The molecular formula is C18H31I3NO6+. The van der Waals surface area contributed by atoms with E-state index < -0.39 is 10.3 Å². The van der Waals surface area contributed by atoms with Crippen molar-refractivity contribution in [3.63, 3.8) is 0 Å². The standard InChI is InChI=1S/C18H30I3NO6/c1-16(2,19)13(23)26-10-7-22(8-11-27-14(24)17(3,4)20)9-12-28-15(25)18(5,6)21/h7-12H2,1-6H3/p+1. The Morgan fingerprint density at radius 3 is 1.00 bits per heavy atom. The van der Waals surface area contributed by atoms with Gasteiger partial charge < -0.3 is 19.1 Å². The summed E-state index contributed by atoms with van der Waals surface area (Å²) in [5.74, 6) is -0.823. The van der Waals surface area contributed by atoms with Gasteiger partial charge in [-0.15, -0.1) is 0 Å². The molecular weight excluding hydrogens is 707 g/mol. The Balaban J connectivity index is 4.58. The van der Waals surface area contributed by atoms with Crippen LogP contribution in [0.25, 0.3) is 0 Å². The average Bonchev–Trinajstić information content (AvgIpc) is 2.51. The summed E-state index contributed by atoms with van der Waals surface area (Å²) in [6, 6.07) is 0. The highest BCUT2D eigenvalue weighted by Gasteiger charge is 2.28. The first-order valence-corrected chi connectivity index (χ1v) is 12.2. The number of quaternary nitrogens is 1. The van der Waals surface area contributed by atoms with Gasteiger partial charge in [-0.05, 0) is 41.5 Å². The monoisotopic (exact) mass is 738 g/mol. The van der Waals surface area contributed by atoms with E-state index in [2.05, 4.69) is 0 Å². The van der Waals surface area contributed by atoms with Crippen molar-refractivity contribution in [2.45, 2.75) is 51.8 Å². The van der Waals surface area contributed by atoms with Crippen LogP contribution in [0.5, 0.6) is 0 Å². The molecule has 0 radical (unpaired) electrons. The van der Waals surface area contributed by atoms with Gasteiger partial charge in [-0.3, -0.25) is 14.4 Å². The summed E-state index contributed by atoms with van der Waals surface area (Å²) >= 11 is 6.11. The molecule has 0 atom stereocenters. The van der Waals surface area contributed by atoms with Crippen LogP contribution in [0.4, 0.5) is 0 Å². The topological polar surface area (TPSA) is 83.3 Å². The second kappa shape index (κ2) is 12.4. The smallest absolute Gasteiger partial charge is 0.321 e. The van der Waals surface area contributed by atoms with Gasteiger partial charge in [0.1, 0.15) is 49.7 Å². The normalized spacial score (nSPS) is 12.6. The number of hydrogen-bond donors (Lipinski definition) is 1. The van der Waals surface area contributed by atoms with Crippen LogP contribution in [0, 0.1) is 0 Å². The number of nitrogens with one attached hydrogen (secondary N) is 1. The molecule has 0 aromatic rings. The molecule has 0 amide bonds. The number of halogens is 3. The molecule has 0 rings (SSSR count). The van der Waals surface area contributed by atoms with Gasteiger partial charge in [-0.25, -0.2) is 0 Å². The van der Waals surface area contributed by atoms with Gasteiger partial charge in [0.05, 0.1) is 0 Å². The van der Waals surface area contributed by atoms with Crippen molar-refractivity contribution in [3.05, 3.63) is 0 Å². The predicted octanol–water partition coefficient (Wildman–Crippen LogP) is 2.14. The van der Waals surface area contributed by atoms with E-state index in [1.54, 1.807) is 41.5 Å². The number of carbonyl (C=O) groups is 3. The summed E-state index contributed by atoms with van der Waals surface area (Å²) in [7, 11) is 0. The summed E-state index contributed by atoms with van der Waals surface area (Å²) in [5, 5.41) is 0. The van der Waals surface area contributed by atoms with Crippen molar-refractivity contribution in [2.75, 3.05) is 39.5 Å². The fourth-order valence-corrected chi connectivity index (χ4v) is 2.22. The molecule has 0 aliphatic carbocycles. The fourth-order valence-electron chi connectivity index (χ4n) is 1.75. The zero-order valence-electron chi connectivity index (χ0n) is 17.3. The van der Waals surface area contributed by atoms with Gasteiger partial charge in [0.25, 0.3) is 0 Å². The van der Waals surface area contributed by atoms with Gasteiger partial charge in [-0.2, -0.15) is 0 Å². The lowest BCUT2D eigenvalue weighted by molar-refractivity contribution is -0.900. The van der Waals surface area contributed by atoms with E-state index in [0.717, 1.165) is 4.90 Å². The third-order valence-corrected chi connectivity index (χ3v) is 4.84. The Morgan fingerprint density at radius 2 is 0.821 bits per heavy atom. The van der Waals surface area contributed by atoms with Crippen molar-refractivity contribution in [1.29, 1.82) is 0 Å². The number of esters is 3. The number of carbonyl (C=O) groups excluding carboxylic acids is 3. The fraction of sp³-hybridized carbons (Fsp3) is 0.833. The first-order valence-electron chi connectivity index (χ1n) is 8.97. The molecule has 7 nitrogen and oxygen atoms in total. The van der Waals surface area contributed by atoms with Crippen LogP contribution in [-0.4, -0.2) is 67.6 Å². The second-order valence-corrected chi connectivity index (χ2v) is 15.9. The maximum atomic E-state index is 11.9. The van der Waals surface area contributed by atoms with Crippen LogP contribution in [-0.2, 0) is 28.6 Å². The van der Waals surface area contributed by atoms with E-state index in [-0.39, 0.29) is 37.7 Å². The van der Waals surface area contributed by atoms with Crippen LogP contribution in [0.15, 0.2) is 0 Å². The molecule has 0 aromatic carbocycles. The number of alkyl halides is 3. The number of hydrogen-bond acceptors (Lipinski definition) is 6. The first kappa shape index (κ1) is 28.6. The van der Waals surface area contributed by atoms with E-state index in [1.807, 2.05) is 67.8 Å². The largest absolute Gasteiger partial charge is 0.459 e. The summed E-state index contributed by atoms with van der Waals surface area (Å²) in [6.45, 7) is 13.1. The Hall–Kier alpha value is 0.560. The highest BCUT2D eigenvalue weighted by molar-refractivity contribution is 14.1. The van der Waals surface area contributed by atoms with Crippen molar-refractivity contribution in [2.24, 2.45) is 0 Å². The van der Waals surface area contributed by atoms with E-state index in [1.165, 1.54) is 0 Å². The van der Waals surface area contributed by atoms with E-state index in [9.17, 15) is 14.4 Å². The first-order chi connectivity index (χ1) is 12.5. The molecule has 164 valence electrons. The molecule has 28 heavy (non-hydrogen) atoms. The Kier molecular flexibility index (Phi) is 12.7. The van der Waals surface area contributed by atoms with Crippen LogP contribution in [0.1, 0.15) is 41.5 Å². The summed E-state index contributed by atoms with van der Waals surface area (Å²) in [6.07, 6.45) is 0. The molecule has 0 heterocycles. The molecule has 0 aliphatic rings. The van der Waals surface area contributed by atoms with Crippen LogP contribution >= 0.6 is 67.8 Å². The zero-order chi connectivity index (χ0) is 22.2. The van der Waals surface area contributed by atoms with Crippen LogP contribution < -0.4 is 4.90 Å². The van der Waals surface area contributed by atoms with Gasteiger partial charge >= 0.3 is 17.9 Å². The van der Waals surface area contributed by atoms with Crippen LogP contribution in [0.2, 0.25) is 0 Å². The number of rotatable bonds is 12. The minimum Gasteiger partial charge on any atom is -0.459 e. The van der Waals surface area contributed by atoms with Crippen molar-refractivity contribution < 1.29 is 33.5 Å². The van der Waals surface area contributed by atoms with Gasteiger partial charge in [0.2, 0.25) is 0 Å². The lowest BCUT2D eigenvalue weighted by atomic mass is 10.2. The lowest BCUT2D eigenvalue weighted by Crippen LogP contribution is -3.13. The maximum Gasteiger partial charge on any atom is 0.321 e. The minimum absolute atomic E-state index is 0.248. The average molecular weight is 738 g/mol. The Bertz CT molecular complexity index is 459. The Morgan fingerprint density at radius 1 is 0.607 bits per heavy atom. The van der Waals surface area contributed by atoms with Gasteiger partial charge in [0, 0.05) is 0 Å². The summed E-state index contributed by atoms with van der Waals surface area (Å²) < 4.78 is 14.2. The molecule has 0 aliphatic heterocycles. The highest BCUT2D eigenvalue weighted by atomic mass is 127. The van der Waals surface area contributed by atoms with E-state index in [0.29, 0.717) is 19.6 Å². The Labute approximate surface area is 208 Å². The maximum absolute atomic E-state index is 11.9. The lowest BCUT2D eigenvalue weighted by Gasteiger charge is -2.22.